The third kappa shape index (κ3) is 8.57. The van der Waals surface area contributed by atoms with Gasteiger partial charge in [0.1, 0.15) is 5.75 Å². The predicted octanol–water partition coefficient (Wildman–Crippen LogP) is 0.108. The molecule has 1 rings (SSSR count). The number of aromatic hydroxyl groups is 1. The predicted molar refractivity (Wildman–Crippen MR) is 70.8 cm³/mol. The highest BCUT2D eigenvalue weighted by Crippen LogP contribution is 2.18. The van der Waals surface area contributed by atoms with Crippen molar-refractivity contribution in [3.05, 3.63) is 24.0 Å². The van der Waals surface area contributed by atoms with E-state index in [1.165, 1.54) is 0 Å². The largest absolute Gasteiger partial charge is 0.506 e. The van der Waals surface area contributed by atoms with E-state index < -0.39 is 0 Å². The summed E-state index contributed by atoms with van der Waals surface area (Å²) in [4.78, 5) is 3.93. The molecule has 0 radical (unpaired) electrons. The monoisotopic (exact) mass is 291 g/mol. The lowest BCUT2D eigenvalue weighted by molar-refractivity contribution is 0.467. The number of aromatic nitrogens is 1. The third-order valence-electron chi connectivity index (χ3n) is 1.23. The van der Waals surface area contributed by atoms with Crippen molar-refractivity contribution in [2.75, 3.05) is 0 Å². The Labute approximate surface area is 110 Å². The summed E-state index contributed by atoms with van der Waals surface area (Å²) in [7, 11) is 0. The van der Waals surface area contributed by atoms with Crippen molar-refractivity contribution >= 4 is 41.7 Å². The van der Waals surface area contributed by atoms with Gasteiger partial charge in [0.2, 0.25) is 0 Å². The van der Waals surface area contributed by atoms with Crippen LogP contribution in [0.2, 0.25) is 0 Å². The molecule has 0 aliphatic rings. The molecule has 0 saturated heterocycles. The van der Waals surface area contributed by atoms with Crippen LogP contribution < -0.4 is 5.73 Å². The molecule has 0 bridgehead atoms. The van der Waals surface area contributed by atoms with Gasteiger partial charge < -0.3 is 21.8 Å². The lowest BCUT2D eigenvalue weighted by Crippen LogP contribution is -2.04. The van der Waals surface area contributed by atoms with Gasteiger partial charge in [0.15, 0.2) is 5.17 Å². The van der Waals surface area contributed by atoms with Crippen LogP contribution in [-0.2, 0) is 5.75 Å². The highest BCUT2D eigenvalue weighted by Gasteiger charge is 2.01. The van der Waals surface area contributed by atoms with Crippen LogP contribution >= 0.6 is 36.6 Å². The molecular weight excluding hydrogens is 277 g/mol. The van der Waals surface area contributed by atoms with E-state index in [-0.39, 0.29) is 46.7 Å². The topological polar surface area (TPSA) is 146 Å². The van der Waals surface area contributed by atoms with Crippen molar-refractivity contribution in [3.8, 4) is 5.75 Å². The maximum Gasteiger partial charge on any atom is 0.151 e. The minimum absolute atomic E-state index is 0. The number of halogens is 2. The van der Waals surface area contributed by atoms with Crippen molar-refractivity contribution in [2.24, 2.45) is 5.73 Å². The first-order valence-corrected chi connectivity index (χ1v) is 4.28. The number of amidine groups is 1. The number of rotatable bonds is 2. The fraction of sp³-hybridized carbons (Fsp3) is 0.143. The van der Waals surface area contributed by atoms with Crippen LogP contribution in [0.25, 0.3) is 0 Å². The molecule has 0 saturated carbocycles. The summed E-state index contributed by atoms with van der Waals surface area (Å²) in [5, 5.41) is 16.2. The van der Waals surface area contributed by atoms with Crippen molar-refractivity contribution in [1.82, 2.24) is 4.98 Å². The molecule has 8 N–H and O–H groups in total. The molecule has 0 atom stereocenters. The number of thioether (sulfide) groups is 1. The number of hydrogen-bond acceptors (Lipinski definition) is 4. The summed E-state index contributed by atoms with van der Waals surface area (Å²) >= 11 is 1.14. The third-order valence-corrected chi connectivity index (χ3v) is 1.96. The number of hydrogen-bond donors (Lipinski definition) is 3. The Balaban J connectivity index is -0.000000180. The Bertz CT molecular complexity index is 304. The molecule has 6 nitrogen and oxygen atoms in total. The molecule has 16 heavy (non-hydrogen) atoms. The number of nitrogens with zero attached hydrogens (tertiary/aromatic N) is 1. The fourth-order valence-electron chi connectivity index (χ4n) is 0.687. The first-order chi connectivity index (χ1) is 5.70. The van der Waals surface area contributed by atoms with Crippen LogP contribution in [-0.4, -0.2) is 26.2 Å². The maximum atomic E-state index is 9.24. The second-order valence-corrected chi connectivity index (χ2v) is 3.14. The van der Waals surface area contributed by atoms with E-state index in [2.05, 4.69) is 4.98 Å². The zero-order valence-electron chi connectivity index (χ0n) is 8.14. The fourth-order valence-corrected chi connectivity index (χ4v) is 1.20. The number of pyridine rings is 1. The molecule has 0 aliphatic heterocycles. The van der Waals surface area contributed by atoms with Crippen LogP contribution in [0.5, 0.6) is 5.75 Å². The van der Waals surface area contributed by atoms with Crippen LogP contribution in [0.15, 0.2) is 18.3 Å². The Morgan fingerprint density at radius 3 is 2.44 bits per heavy atom. The molecule has 0 aromatic carbocycles. The zero-order chi connectivity index (χ0) is 8.97. The van der Waals surface area contributed by atoms with Gasteiger partial charge in [-0.3, -0.25) is 10.4 Å². The lowest BCUT2D eigenvalue weighted by atomic mass is 10.3. The minimum atomic E-state index is 0. The van der Waals surface area contributed by atoms with Crippen LogP contribution in [0.3, 0.4) is 0 Å². The zero-order valence-corrected chi connectivity index (χ0v) is 10.6. The first-order valence-electron chi connectivity index (χ1n) is 3.30. The van der Waals surface area contributed by atoms with Crippen molar-refractivity contribution < 1.29 is 16.1 Å². The lowest BCUT2D eigenvalue weighted by Gasteiger charge is -2.00. The highest BCUT2D eigenvalue weighted by molar-refractivity contribution is 8.13. The molecule has 96 valence electrons. The van der Waals surface area contributed by atoms with E-state index >= 15 is 0 Å². The van der Waals surface area contributed by atoms with Gasteiger partial charge in [0.25, 0.3) is 0 Å². The van der Waals surface area contributed by atoms with Gasteiger partial charge in [-0.1, -0.05) is 11.8 Å². The second kappa shape index (κ2) is 12.3. The standard InChI is InChI=1S/C7H9N3OS.2ClH.2H2O/c8-7(9)12-4-5-6(11)2-1-3-10-5;;;;/h1-3,11H,4H2,(H3,8,9);2*1H;2*1H2. The van der Waals surface area contributed by atoms with Crippen LogP contribution in [0, 0.1) is 5.41 Å². The van der Waals surface area contributed by atoms with Crippen molar-refractivity contribution in [2.45, 2.75) is 5.75 Å². The molecule has 0 amide bonds. The first kappa shape index (κ1) is 24.5. The molecule has 0 aliphatic carbocycles. The summed E-state index contributed by atoms with van der Waals surface area (Å²) in [6, 6.07) is 3.21. The van der Waals surface area contributed by atoms with Gasteiger partial charge in [-0.25, -0.2) is 0 Å². The van der Waals surface area contributed by atoms with Gasteiger partial charge in [0.05, 0.1) is 5.69 Å². The Morgan fingerprint density at radius 1 is 1.44 bits per heavy atom. The smallest absolute Gasteiger partial charge is 0.151 e. The molecule has 0 unspecified atom stereocenters. The second-order valence-electron chi connectivity index (χ2n) is 2.12. The molecule has 9 heteroatoms. The van der Waals surface area contributed by atoms with Crippen LogP contribution in [0.1, 0.15) is 5.69 Å². The van der Waals surface area contributed by atoms with E-state index in [9.17, 15) is 5.11 Å². The summed E-state index contributed by atoms with van der Waals surface area (Å²) in [5.41, 5.74) is 5.68. The molecule has 1 aromatic rings. The Morgan fingerprint density at radius 2 is 2.00 bits per heavy atom. The van der Waals surface area contributed by atoms with E-state index in [1.807, 2.05) is 0 Å². The quantitative estimate of drug-likeness (QED) is 0.524. The van der Waals surface area contributed by atoms with E-state index in [0.29, 0.717) is 11.4 Å². The van der Waals surface area contributed by atoms with E-state index in [0.717, 1.165) is 11.8 Å². The van der Waals surface area contributed by atoms with Crippen LogP contribution in [0.4, 0.5) is 0 Å². The Hall–Kier alpha value is -0.730. The van der Waals surface area contributed by atoms with Gasteiger partial charge >= 0.3 is 0 Å². The average molecular weight is 292 g/mol. The van der Waals surface area contributed by atoms with Gasteiger partial charge in [0, 0.05) is 11.9 Å². The summed E-state index contributed by atoms with van der Waals surface area (Å²) in [5.74, 6) is 0.577. The summed E-state index contributed by atoms with van der Waals surface area (Å²) in [6.07, 6.45) is 1.59. The van der Waals surface area contributed by atoms with Crippen molar-refractivity contribution in [3.63, 3.8) is 0 Å². The molecule has 0 fully saturated rings. The molecule has 1 heterocycles. The van der Waals surface area contributed by atoms with Gasteiger partial charge in [-0.15, -0.1) is 24.8 Å². The molecular formula is C7H15Cl2N3O3S. The van der Waals surface area contributed by atoms with Gasteiger partial charge in [-0.05, 0) is 12.1 Å². The van der Waals surface area contributed by atoms with Crippen molar-refractivity contribution in [1.29, 1.82) is 5.41 Å². The average Bonchev–Trinajstić information content (AvgIpc) is 2.03. The summed E-state index contributed by atoms with van der Waals surface area (Å²) < 4.78 is 0. The molecule has 1 aromatic heterocycles. The minimum Gasteiger partial charge on any atom is -0.506 e. The Kier molecular flexibility index (Phi) is 18.9. The van der Waals surface area contributed by atoms with E-state index in [4.69, 9.17) is 11.1 Å². The van der Waals surface area contributed by atoms with Gasteiger partial charge in [-0.2, -0.15) is 0 Å². The highest BCUT2D eigenvalue weighted by atomic mass is 35.5. The molecule has 0 spiro atoms. The number of nitrogens with two attached hydrogens (primary N) is 1. The summed E-state index contributed by atoms with van der Waals surface area (Å²) in [6.45, 7) is 0. The normalized spacial score (nSPS) is 7.25. The van der Waals surface area contributed by atoms with E-state index in [1.54, 1.807) is 18.3 Å². The maximum absolute atomic E-state index is 9.24. The number of nitrogens with one attached hydrogen (secondary N) is 1. The SMILES string of the molecule is Cl.Cl.N=C(N)SCc1ncccc1O.O.O.